The highest BCUT2D eigenvalue weighted by molar-refractivity contribution is 7.94. The van der Waals surface area contributed by atoms with Crippen LogP contribution >= 0.6 is 0 Å². The van der Waals surface area contributed by atoms with Gasteiger partial charge in [-0.1, -0.05) is 54.6 Å². The average molecular weight is 331 g/mol. The van der Waals surface area contributed by atoms with Crippen molar-refractivity contribution in [3.05, 3.63) is 83.0 Å². The van der Waals surface area contributed by atoms with Crippen LogP contribution in [0.15, 0.2) is 66.1 Å². The van der Waals surface area contributed by atoms with Crippen molar-refractivity contribution >= 4 is 9.84 Å². The minimum atomic E-state index is -3.15. The fraction of sp³-hybridized carbons (Fsp3) is 0.222. The molecule has 23 heavy (non-hydrogen) atoms. The lowest BCUT2D eigenvalue weighted by molar-refractivity contribution is 0.223. The van der Waals surface area contributed by atoms with Gasteiger partial charge in [-0.05, 0) is 11.6 Å². The molecule has 1 heterocycles. The van der Waals surface area contributed by atoms with Gasteiger partial charge >= 0.3 is 0 Å². The van der Waals surface area contributed by atoms with E-state index in [4.69, 9.17) is 0 Å². The fourth-order valence-corrected chi connectivity index (χ4v) is 4.07. The SMILES string of the molecule is O=S1(=O)C=CC(N(Cc2ccccc2)Cc2ccccc2F)C1. The van der Waals surface area contributed by atoms with Crippen LogP contribution in [0, 0.1) is 5.82 Å². The summed E-state index contributed by atoms with van der Waals surface area (Å²) < 4.78 is 37.4. The van der Waals surface area contributed by atoms with E-state index < -0.39 is 9.84 Å². The zero-order valence-corrected chi connectivity index (χ0v) is 13.4. The number of hydrogen-bond acceptors (Lipinski definition) is 3. The second kappa shape index (κ2) is 6.64. The molecule has 0 bridgehead atoms. The molecule has 3 nitrogen and oxygen atoms in total. The minimum absolute atomic E-state index is 0.0499. The molecule has 3 rings (SSSR count). The largest absolute Gasteiger partial charge is 0.287 e. The van der Waals surface area contributed by atoms with Gasteiger partial charge in [0.05, 0.1) is 5.75 Å². The maximum Gasteiger partial charge on any atom is 0.173 e. The van der Waals surface area contributed by atoms with Crippen molar-refractivity contribution in [1.82, 2.24) is 4.90 Å². The van der Waals surface area contributed by atoms with Crippen LogP contribution in [0.1, 0.15) is 11.1 Å². The minimum Gasteiger partial charge on any atom is -0.287 e. The molecule has 0 radical (unpaired) electrons. The third-order valence-corrected chi connectivity index (χ3v) is 5.32. The van der Waals surface area contributed by atoms with Crippen LogP contribution in [0.5, 0.6) is 0 Å². The summed E-state index contributed by atoms with van der Waals surface area (Å²) in [6, 6.07) is 16.2. The molecule has 0 amide bonds. The molecule has 1 aliphatic rings. The first-order valence-electron chi connectivity index (χ1n) is 7.46. The van der Waals surface area contributed by atoms with Crippen LogP contribution in [-0.4, -0.2) is 25.1 Å². The molecule has 0 saturated carbocycles. The lowest BCUT2D eigenvalue weighted by atomic mass is 10.1. The normalized spacial score (nSPS) is 19.3. The third-order valence-electron chi connectivity index (χ3n) is 3.94. The van der Waals surface area contributed by atoms with Crippen LogP contribution < -0.4 is 0 Å². The van der Waals surface area contributed by atoms with E-state index in [1.807, 2.05) is 35.2 Å². The van der Waals surface area contributed by atoms with E-state index in [-0.39, 0.29) is 17.6 Å². The summed E-state index contributed by atoms with van der Waals surface area (Å²) in [7, 11) is -3.15. The Labute approximate surface area is 136 Å². The summed E-state index contributed by atoms with van der Waals surface area (Å²) in [4.78, 5) is 1.99. The molecule has 0 spiro atoms. The molecular formula is C18H18FNO2S. The Hall–Kier alpha value is -1.98. The molecule has 1 atom stereocenters. The third kappa shape index (κ3) is 4.06. The van der Waals surface area contributed by atoms with Gasteiger partial charge in [-0.2, -0.15) is 0 Å². The molecule has 120 valence electrons. The van der Waals surface area contributed by atoms with E-state index in [1.165, 1.54) is 11.5 Å². The summed E-state index contributed by atoms with van der Waals surface area (Å²) in [5.41, 5.74) is 1.64. The highest BCUT2D eigenvalue weighted by Gasteiger charge is 2.27. The van der Waals surface area contributed by atoms with Crippen molar-refractivity contribution in [2.45, 2.75) is 19.1 Å². The first-order valence-corrected chi connectivity index (χ1v) is 9.17. The Morgan fingerprint density at radius 1 is 1.00 bits per heavy atom. The second-order valence-electron chi connectivity index (χ2n) is 5.71. The van der Waals surface area contributed by atoms with E-state index in [0.29, 0.717) is 18.7 Å². The van der Waals surface area contributed by atoms with Gasteiger partial charge in [0.25, 0.3) is 0 Å². The van der Waals surface area contributed by atoms with Gasteiger partial charge in [-0.3, -0.25) is 4.90 Å². The smallest absolute Gasteiger partial charge is 0.173 e. The molecule has 0 saturated heterocycles. The van der Waals surface area contributed by atoms with Gasteiger partial charge in [0.2, 0.25) is 0 Å². The van der Waals surface area contributed by atoms with Gasteiger partial charge < -0.3 is 0 Å². The average Bonchev–Trinajstić information content (AvgIpc) is 2.90. The Kier molecular flexibility index (Phi) is 4.59. The highest BCUT2D eigenvalue weighted by Crippen LogP contribution is 2.21. The molecule has 1 aliphatic heterocycles. The Balaban J connectivity index is 1.85. The van der Waals surface area contributed by atoms with Gasteiger partial charge in [0.15, 0.2) is 9.84 Å². The summed E-state index contributed by atoms with van der Waals surface area (Å²) in [5, 5.41) is 1.26. The number of halogens is 1. The maximum absolute atomic E-state index is 14.0. The number of benzene rings is 2. The predicted octanol–water partition coefficient (Wildman–Crippen LogP) is 3.14. The van der Waals surface area contributed by atoms with E-state index >= 15 is 0 Å². The first-order chi connectivity index (χ1) is 11.0. The summed E-state index contributed by atoms with van der Waals surface area (Å²) in [6.07, 6.45) is 1.69. The molecule has 2 aromatic rings. The van der Waals surface area contributed by atoms with Gasteiger partial charge in [-0.15, -0.1) is 0 Å². The Morgan fingerprint density at radius 3 is 2.35 bits per heavy atom. The zero-order valence-electron chi connectivity index (χ0n) is 12.6. The molecule has 5 heteroatoms. The number of sulfone groups is 1. The van der Waals surface area contributed by atoms with E-state index in [9.17, 15) is 12.8 Å². The number of rotatable bonds is 5. The van der Waals surface area contributed by atoms with Crippen molar-refractivity contribution < 1.29 is 12.8 Å². The van der Waals surface area contributed by atoms with Crippen molar-refractivity contribution in [3.8, 4) is 0 Å². The van der Waals surface area contributed by atoms with Crippen LogP contribution in [0.25, 0.3) is 0 Å². The molecule has 0 N–H and O–H groups in total. The van der Waals surface area contributed by atoms with Crippen molar-refractivity contribution in [2.24, 2.45) is 0 Å². The van der Waals surface area contributed by atoms with Crippen LogP contribution in [0.3, 0.4) is 0 Å². The number of nitrogens with zero attached hydrogens (tertiary/aromatic N) is 1. The molecule has 0 aliphatic carbocycles. The predicted molar refractivity (Wildman–Crippen MR) is 88.8 cm³/mol. The number of hydrogen-bond donors (Lipinski definition) is 0. The lowest BCUT2D eigenvalue weighted by Crippen LogP contribution is -2.35. The van der Waals surface area contributed by atoms with Gasteiger partial charge in [0, 0.05) is 30.1 Å². The lowest BCUT2D eigenvalue weighted by Gasteiger charge is -2.27. The molecule has 0 aromatic heterocycles. The van der Waals surface area contributed by atoms with E-state index in [0.717, 1.165) is 5.56 Å². The quantitative estimate of drug-likeness (QED) is 0.845. The van der Waals surface area contributed by atoms with E-state index in [2.05, 4.69) is 0 Å². The van der Waals surface area contributed by atoms with Crippen molar-refractivity contribution in [3.63, 3.8) is 0 Å². The second-order valence-corrected chi connectivity index (χ2v) is 7.64. The molecule has 2 aromatic carbocycles. The van der Waals surface area contributed by atoms with Crippen LogP contribution in [0.4, 0.5) is 4.39 Å². The standard InChI is InChI=1S/C18H18FNO2S/c19-18-9-5-4-8-16(18)13-20(12-15-6-2-1-3-7-15)17-10-11-23(21,22)14-17/h1-11,17H,12-14H2. The van der Waals surface area contributed by atoms with Crippen LogP contribution in [-0.2, 0) is 22.9 Å². The van der Waals surface area contributed by atoms with Gasteiger partial charge in [0.1, 0.15) is 5.82 Å². The summed E-state index contributed by atoms with van der Waals surface area (Å²) in [6.45, 7) is 0.936. The summed E-state index contributed by atoms with van der Waals surface area (Å²) in [5.74, 6) is -0.218. The highest BCUT2D eigenvalue weighted by atomic mass is 32.2. The maximum atomic E-state index is 14.0. The fourth-order valence-electron chi connectivity index (χ4n) is 2.74. The molecular weight excluding hydrogens is 313 g/mol. The topological polar surface area (TPSA) is 37.4 Å². The molecule has 1 unspecified atom stereocenters. The Morgan fingerprint density at radius 2 is 1.70 bits per heavy atom. The van der Waals surface area contributed by atoms with Crippen LogP contribution in [0.2, 0.25) is 0 Å². The first kappa shape index (κ1) is 15.9. The zero-order chi connectivity index (χ0) is 16.3. The van der Waals surface area contributed by atoms with E-state index in [1.54, 1.807) is 24.3 Å². The van der Waals surface area contributed by atoms with Crippen molar-refractivity contribution in [1.29, 1.82) is 0 Å². The van der Waals surface area contributed by atoms with Gasteiger partial charge in [-0.25, -0.2) is 12.8 Å². The monoisotopic (exact) mass is 331 g/mol. The summed E-state index contributed by atoms with van der Waals surface area (Å²) >= 11 is 0. The Bertz CT molecular complexity index is 803. The van der Waals surface area contributed by atoms with Crippen molar-refractivity contribution in [2.75, 3.05) is 5.75 Å². The molecule has 0 fully saturated rings.